The zero-order valence-electron chi connectivity index (χ0n) is 18.7. The molecule has 2 aromatic carbocycles. The molecule has 8 heteroatoms. The summed E-state index contributed by atoms with van der Waals surface area (Å²) in [6, 6.07) is 11.8. The highest BCUT2D eigenvalue weighted by molar-refractivity contribution is 6.31. The summed E-state index contributed by atoms with van der Waals surface area (Å²) >= 11 is 6.20. The number of aromatic carboxylic acids is 1. The van der Waals surface area contributed by atoms with Crippen LogP contribution in [0.15, 0.2) is 47.3 Å². The molecule has 0 radical (unpaired) electrons. The van der Waals surface area contributed by atoms with Crippen molar-refractivity contribution >= 4 is 17.6 Å². The van der Waals surface area contributed by atoms with Crippen molar-refractivity contribution in [1.29, 1.82) is 0 Å². The Morgan fingerprint density at radius 2 is 2.06 bits per heavy atom. The van der Waals surface area contributed by atoms with Gasteiger partial charge >= 0.3 is 5.97 Å². The van der Waals surface area contributed by atoms with Crippen LogP contribution in [0, 0.1) is 6.92 Å². The van der Waals surface area contributed by atoms with Crippen molar-refractivity contribution in [2.24, 2.45) is 0 Å². The molecule has 0 atom stereocenters. The average molecular weight is 468 g/mol. The average Bonchev–Trinajstić information content (AvgIpc) is 2.81. The maximum Gasteiger partial charge on any atom is 0.335 e. The Balaban J connectivity index is 1.56. The molecule has 1 aliphatic rings. The van der Waals surface area contributed by atoms with Crippen LogP contribution >= 0.6 is 11.6 Å². The van der Waals surface area contributed by atoms with Gasteiger partial charge in [-0.15, -0.1) is 0 Å². The fourth-order valence-electron chi connectivity index (χ4n) is 4.14. The molecule has 2 heterocycles. The van der Waals surface area contributed by atoms with E-state index in [0.29, 0.717) is 40.8 Å². The molecule has 33 heavy (non-hydrogen) atoms. The minimum atomic E-state index is -1.00. The summed E-state index contributed by atoms with van der Waals surface area (Å²) in [6.45, 7) is 7.00. The van der Waals surface area contributed by atoms with E-state index in [2.05, 4.69) is 16.8 Å². The molecule has 172 valence electrons. The summed E-state index contributed by atoms with van der Waals surface area (Å²) in [7, 11) is 0. The molecular formula is C25H26ClN3O4. The normalized spacial score (nSPS) is 13.5. The van der Waals surface area contributed by atoms with Crippen molar-refractivity contribution in [2.45, 2.75) is 33.4 Å². The third kappa shape index (κ3) is 4.94. The highest BCUT2D eigenvalue weighted by Crippen LogP contribution is 2.33. The van der Waals surface area contributed by atoms with E-state index >= 15 is 0 Å². The van der Waals surface area contributed by atoms with Gasteiger partial charge in [-0.25, -0.2) is 9.78 Å². The van der Waals surface area contributed by atoms with Crippen LogP contribution < -0.4 is 10.3 Å². The molecule has 0 saturated heterocycles. The lowest BCUT2D eigenvalue weighted by molar-refractivity contribution is 0.0697. The second kappa shape index (κ2) is 9.77. The van der Waals surface area contributed by atoms with Crippen molar-refractivity contribution in [3.8, 4) is 16.9 Å². The second-order valence-corrected chi connectivity index (χ2v) is 8.47. The first kappa shape index (κ1) is 23.0. The number of halogens is 1. The van der Waals surface area contributed by atoms with Crippen LogP contribution in [-0.4, -0.2) is 45.2 Å². The molecule has 0 amide bonds. The third-order valence-electron chi connectivity index (χ3n) is 5.97. The molecule has 0 fully saturated rings. The molecule has 4 rings (SSSR count). The summed E-state index contributed by atoms with van der Waals surface area (Å²) in [5.41, 5.74) is 3.23. The standard InChI is InChI=1S/C25H26ClN3O4/c1-3-28-10-9-22-21(15-28)24(30)29(16(2)27-22)11-12-33-23-8-7-19(26)14-20(23)17-5-4-6-18(13-17)25(31)32/h4-8,13-14H,3,9-12,15H2,1-2H3,(H,31,32). The van der Waals surface area contributed by atoms with E-state index in [1.54, 1.807) is 34.9 Å². The quantitative estimate of drug-likeness (QED) is 0.564. The summed E-state index contributed by atoms with van der Waals surface area (Å²) in [4.78, 5) is 31.4. The lowest BCUT2D eigenvalue weighted by Crippen LogP contribution is -2.39. The molecule has 1 N–H and O–H groups in total. The number of carbonyl (C=O) groups is 1. The molecule has 3 aromatic rings. The topological polar surface area (TPSA) is 84.7 Å². The fraction of sp³-hybridized carbons (Fsp3) is 0.320. The number of aryl methyl sites for hydroxylation is 1. The van der Waals surface area contributed by atoms with Crippen molar-refractivity contribution in [2.75, 3.05) is 19.7 Å². The Morgan fingerprint density at radius 3 is 2.82 bits per heavy atom. The molecule has 7 nitrogen and oxygen atoms in total. The Labute approximate surface area is 197 Å². The molecule has 0 saturated carbocycles. The van der Waals surface area contributed by atoms with Crippen molar-refractivity contribution < 1.29 is 14.6 Å². The molecule has 0 aliphatic carbocycles. The lowest BCUT2D eigenvalue weighted by atomic mass is 10.0. The van der Waals surface area contributed by atoms with Gasteiger partial charge in [0.15, 0.2) is 0 Å². The molecule has 0 spiro atoms. The summed E-state index contributed by atoms with van der Waals surface area (Å²) in [5, 5.41) is 9.84. The number of benzene rings is 2. The van der Waals surface area contributed by atoms with Gasteiger partial charge in [0.1, 0.15) is 18.2 Å². The van der Waals surface area contributed by atoms with E-state index in [-0.39, 0.29) is 17.7 Å². The Kier molecular flexibility index (Phi) is 6.81. The van der Waals surface area contributed by atoms with E-state index in [1.165, 1.54) is 6.07 Å². The van der Waals surface area contributed by atoms with Crippen LogP contribution in [0.5, 0.6) is 5.75 Å². The predicted molar refractivity (Wildman–Crippen MR) is 127 cm³/mol. The van der Waals surface area contributed by atoms with E-state index in [0.717, 1.165) is 30.8 Å². The molecule has 0 unspecified atom stereocenters. The number of aromatic nitrogens is 2. The van der Waals surface area contributed by atoms with E-state index in [9.17, 15) is 14.7 Å². The minimum Gasteiger partial charge on any atom is -0.491 e. The van der Waals surface area contributed by atoms with Crippen LogP contribution in [-0.2, 0) is 19.5 Å². The van der Waals surface area contributed by atoms with Crippen molar-refractivity contribution in [1.82, 2.24) is 14.5 Å². The van der Waals surface area contributed by atoms with Crippen molar-refractivity contribution in [3.63, 3.8) is 0 Å². The number of ether oxygens (including phenoxy) is 1. The molecule has 1 aromatic heterocycles. The first-order valence-electron chi connectivity index (χ1n) is 10.9. The monoisotopic (exact) mass is 467 g/mol. The van der Waals surface area contributed by atoms with Gasteiger partial charge in [-0.05, 0) is 49.4 Å². The largest absolute Gasteiger partial charge is 0.491 e. The van der Waals surface area contributed by atoms with Gasteiger partial charge in [-0.1, -0.05) is 30.7 Å². The van der Waals surface area contributed by atoms with Gasteiger partial charge in [0.2, 0.25) is 0 Å². The maximum atomic E-state index is 13.1. The van der Waals surface area contributed by atoms with Crippen LogP contribution in [0.25, 0.3) is 11.1 Å². The van der Waals surface area contributed by atoms with Crippen LogP contribution in [0.4, 0.5) is 0 Å². The number of likely N-dealkylation sites (N-methyl/N-ethyl adjacent to an activating group) is 1. The van der Waals surface area contributed by atoms with Crippen LogP contribution in [0.3, 0.4) is 0 Å². The number of carboxylic acids is 1. The zero-order chi connectivity index (χ0) is 23.5. The van der Waals surface area contributed by atoms with Gasteiger partial charge in [0.05, 0.1) is 23.4 Å². The van der Waals surface area contributed by atoms with Crippen molar-refractivity contribution in [3.05, 3.63) is 80.5 Å². The Bertz CT molecular complexity index is 1250. The number of fused-ring (bicyclic) bond motifs is 1. The maximum absolute atomic E-state index is 13.1. The van der Waals surface area contributed by atoms with E-state index in [4.69, 9.17) is 16.3 Å². The number of nitrogens with zero attached hydrogens (tertiary/aromatic N) is 3. The van der Waals surface area contributed by atoms with Gasteiger partial charge in [-0.2, -0.15) is 0 Å². The highest BCUT2D eigenvalue weighted by atomic mass is 35.5. The van der Waals surface area contributed by atoms with Gasteiger partial charge < -0.3 is 9.84 Å². The molecule has 0 bridgehead atoms. The zero-order valence-corrected chi connectivity index (χ0v) is 19.4. The predicted octanol–water partition coefficient (Wildman–Crippen LogP) is 4.03. The van der Waals surface area contributed by atoms with Gasteiger partial charge in [-0.3, -0.25) is 14.3 Å². The van der Waals surface area contributed by atoms with Gasteiger partial charge in [0, 0.05) is 30.1 Å². The van der Waals surface area contributed by atoms with E-state index in [1.807, 2.05) is 13.0 Å². The van der Waals surface area contributed by atoms with Crippen LogP contribution in [0.2, 0.25) is 5.02 Å². The number of rotatable bonds is 7. The Hall–Kier alpha value is -3.16. The SMILES string of the molecule is CCN1CCc2nc(C)n(CCOc3ccc(Cl)cc3-c3cccc(C(=O)O)c3)c(=O)c2C1. The first-order chi connectivity index (χ1) is 15.9. The summed E-state index contributed by atoms with van der Waals surface area (Å²) in [6.07, 6.45) is 0.792. The molecular weight excluding hydrogens is 442 g/mol. The third-order valence-corrected chi connectivity index (χ3v) is 6.20. The van der Waals surface area contributed by atoms with Crippen LogP contribution in [0.1, 0.15) is 34.4 Å². The smallest absolute Gasteiger partial charge is 0.335 e. The fourth-order valence-corrected chi connectivity index (χ4v) is 4.31. The number of hydrogen-bond donors (Lipinski definition) is 1. The minimum absolute atomic E-state index is 0.00950. The van der Waals surface area contributed by atoms with Gasteiger partial charge in [0.25, 0.3) is 5.56 Å². The summed E-state index contributed by atoms with van der Waals surface area (Å²) in [5.74, 6) is 0.242. The Morgan fingerprint density at radius 1 is 1.24 bits per heavy atom. The summed E-state index contributed by atoms with van der Waals surface area (Å²) < 4.78 is 7.71. The molecule has 1 aliphatic heterocycles. The number of carboxylic acid groups (broad SMARTS) is 1. The second-order valence-electron chi connectivity index (χ2n) is 8.03. The number of hydrogen-bond acceptors (Lipinski definition) is 5. The highest BCUT2D eigenvalue weighted by Gasteiger charge is 2.21. The lowest BCUT2D eigenvalue weighted by Gasteiger charge is -2.27. The first-order valence-corrected chi connectivity index (χ1v) is 11.3. The van der Waals surface area contributed by atoms with E-state index < -0.39 is 5.97 Å².